The first-order valence-corrected chi connectivity index (χ1v) is 9.77. The number of aromatic nitrogens is 3. The van der Waals surface area contributed by atoms with E-state index in [0.29, 0.717) is 18.6 Å². The minimum absolute atomic E-state index is 0. The number of H-pyrrole nitrogens is 1. The minimum Gasteiger partial charge on any atom is -0.341 e. The van der Waals surface area contributed by atoms with E-state index < -0.39 is 0 Å². The van der Waals surface area contributed by atoms with Gasteiger partial charge in [0.05, 0.1) is 23.8 Å². The molecule has 1 aliphatic rings. The third-order valence-corrected chi connectivity index (χ3v) is 5.37. The fourth-order valence-corrected chi connectivity index (χ4v) is 4.06. The Morgan fingerprint density at radius 2 is 2.00 bits per heavy atom. The average molecular weight is 480 g/mol. The molecule has 1 aromatic carbocycles. The van der Waals surface area contributed by atoms with E-state index in [4.69, 9.17) is 10.7 Å². The Labute approximate surface area is 190 Å². The number of nitrogens with zero attached hydrogens (tertiary/aromatic N) is 3. The van der Waals surface area contributed by atoms with Gasteiger partial charge < -0.3 is 10.7 Å². The highest BCUT2D eigenvalue weighted by Gasteiger charge is 2.27. The summed E-state index contributed by atoms with van der Waals surface area (Å²) in [4.78, 5) is 14.9. The summed E-state index contributed by atoms with van der Waals surface area (Å²) in [5.41, 5.74) is 9.38. The molecule has 0 aliphatic heterocycles. The standard InChI is InChI=1S/C21H26FN5.2CH4.BrH/c22-16-8-4-9-17-21(16)26-19(25-17)14-27(13-2-1-11-23)18-10-3-6-15-7-5-12-24-20(15)18;;;/h4-5,7-9,12,18H,1-3,6,10-11,13-14,23H2,(H,25,26);2*1H4;1H. The molecule has 1 atom stereocenters. The number of fused-ring (bicyclic) bond motifs is 2. The molecule has 166 valence electrons. The minimum atomic E-state index is -0.283. The second-order valence-corrected chi connectivity index (χ2v) is 7.24. The summed E-state index contributed by atoms with van der Waals surface area (Å²) in [5, 5.41) is 0. The number of unbranched alkanes of at least 4 members (excludes halogenated alkanes) is 1. The number of pyridine rings is 1. The summed E-state index contributed by atoms with van der Waals surface area (Å²) in [7, 11) is 0. The van der Waals surface area contributed by atoms with Crippen LogP contribution in [0.5, 0.6) is 0 Å². The highest BCUT2D eigenvalue weighted by molar-refractivity contribution is 8.93. The highest BCUT2D eigenvalue weighted by atomic mass is 79.9. The largest absolute Gasteiger partial charge is 0.341 e. The van der Waals surface area contributed by atoms with E-state index in [1.165, 1.54) is 17.3 Å². The van der Waals surface area contributed by atoms with Crippen molar-refractivity contribution in [3.63, 3.8) is 0 Å². The lowest BCUT2D eigenvalue weighted by molar-refractivity contribution is 0.159. The Kier molecular flexibility index (Phi) is 10.6. The molecule has 0 amide bonds. The zero-order chi connectivity index (χ0) is 18.6. The highest BCUT2D eigenvalue weighted by Crippen LogP contribution is 2.33. The first kappa shape index (κ1) is 26.2. The summed E-state index contributed by atoms with van der Waals surface area (Å²) >= 11 is 0. The number of benzene rings is 1. The Balaban J connectivity index is 0.00000150. The maximum atomic E-state index is 14.0. The Morgan fingerprint density at radius 3 is 2.77 bits per heavy atom. The average Bonchev–Trinajstić information content (AvgIpc) is 3.11. The number of imidazole rings is 1. The Morgan fingerprint density at radius 1 is 1.17 bits per heavy atom. The number of hydrogen-bond acceptors (Lipinski definition) is 4. The molecule has 0 saturated carbocycles. The predicted octanol–water partition coefficient (Wildman–Crippen LogP) is 5.57. The van der Waals surface area contributed by atoms with E-state index in [9.17, 15) is 4.39 Å². The van der Waals surface area contributed by atoms with Crippen LogP contribution in [0.25, 0.3) is 11.0 Å². The van der Waals surface area contributed by atoms with Crippen molar-refractivity contribution in [2.75, 3.05) is 13.1 Å². The zero-order valence-corrected chi connectivity index (χ0v) is 17.6. The van der Waals surface area contributed by atoms with Crippen LogP contribution in [-0.4, -0.2) is 32.9 Å². The van der Waals surface area contributed by atoms with Gasteiger partial charge in [-0.1, -0.05) is 27.0 Å². The van der Waals surface area contributed by atoms with Crippen LogP contribution in [0.1, 0.15) is 63.7 Å². The molecule has 2 aromatic heterocycles. The maximum absolute atomic E-state index is 14.0. The third kappa shape index (κ3) is 5.65. The number of nitrogens with one attached hydrogen (secondary N) is 1. The van der Waals surface area contributed by atoms with Gasteiger partial charge in [-0.05, 0) is 69.0 Å². The molecule has 7 heteroatoms. The van der Waals surface area contributed by atoms with E-state index in [0.717, 1.165) is 50.0 Å². The van der Waals surface area contributed by atoms with Gasteiger partial charge in [-0.15, -0.1) is 17.0 Å². The summed E-state index contributed by atoms with van der Waals surface area (Å²) in [5.74, 6) is 0.514. The van der Waals surface area contributed by atoms with Crippen molar-refractivity contribution in [3.8, 4) is 0 Å². The van der Waals surface area contributed by atoms with Gasteiger partial charge in [0.25, 0.3) is 0 Å². The van der Waals surface area contributed by atoms with E-state index >= 15 is 0 Å². The van der Waals surface area contributed by atoms with Gasteiger partial charge in [-0.2, -0.15) is 0 Å². The predicted molar refractivity (Wildman–Crippen MR) is 128 cm³/mol. The lowest BCUT2D eigenvalue weighted by Gasteiger charge is -2.34. The molecule has 4 rings (SSSR count). The summed E-state index contributed by atoms with van der Waals surface area (Å²) in [6, 6.07) is 9.49. The molecule has 30 heavy (non-hydrogen) atoms. The summed E-state index contributed by atoms with van der Waals surface area (Å²) in [6.45, 7) is 2.28. The van der Waals surface area contributed by atoms with Crippen LogP contribution in [0.4, 0.5) is 4.39 Å². The van der Waals surface area contributed by atoms with Gasteiger partial charge >= 0.3 is 0 Å². The fraction of sp³-hybridized carbons (Fsp3) is 0.478. The molecule has 0 fully saturated rings. The van der Waals surface area contributed by atoms with E-state index in [2.05, 4.69) is 20.9 Å². The van der Waals surface area contributed by atoms with E-state index in [1.807, 2.05) is 18.3 Å². The molecule has 3 N–H and O–H groups in total. The number of nitrogens with two attached hydrogens (primary N) is 1. The topological polar surface area (TPSA) is 70.8 Å². The number of halogens is 2. The second-order valence-electron chi connectivity index (χ2n) is 7.24. The van der Waals surface area contributed by atoms with Crippen molar-refractivity contribution in [2.24, 2.45) is 5.73 Å². The number of aryl methyl sites for hydroxylation is 1. The van der Waals surface area contributed by atoms with Gasteiger partial charge in [0.15, 0.2) is 5.82 Å². The first-order valence-electron chi connectivity index (χ1n) is 9.77. The number of rotatable bonds is 7. The molecular formula is C23H35BrFN5. The molecule has 3 aromatic rings. The van der Waals surface area contributed by atoms with Crippen molar-refractivity contribution in [2.45, 2.75) is 59.5 Å². The summed E-state index contributed by atoms with van der Waals surface area (Å²) < 4.78 is 14.0. The number of aromatic amines is 1. The van der Waals surface area contributed by atoms with Crippen LogP contribution in [0, 0.1) is 5.82 Å². The molecule has 0 radical (unpaired) electrons. The third-order valence-electron chi connectivity index (χ3n) is 5.37. The van der Waals surface area contributed by atoms with Crippen molar-refractivity contribution in [1.82, 2.24) is 19.9 Å². The van der Waals surface area contributed by atoms with Gasteiger partial charge in [0.2, 0.25) is 0 Å². The lowest BCUT2D eigenvalue weighted by Crippen LogP contribution is -2.33. The quantitative estimate of drug-likeness (QED) is 0.434. The molecular weight excluding hydrogens is 445 g/mol. The summed E-state index contributed by atoms with van der Waals surface area (Å²) in [6.07, 6.45) is 7.24. The molecule has 0 spiro atoms. The maximum Gasteiger partial charge on any atom is 0.151 e. The van der Waals surface area contributed by atoms with Crippen LogP contribution in [-0.2, 0) is 13.0 Å². The van der Waals surface area contributed by atoms with Crippen LogP contribution < -0.4 is 5.73 Å². The molecule has 1 unspecified atom stereocenters. The molecule has 2 heterocycles. The molecule has 1 aliphatic carbocycles. The van der Waals surface area contributed by atoms with Crippen molar-refractivity contribution < 1.29 is 4.39 Å². The molecule has 0 saturated heterocycles. The lowest BCUT2D eigenvalue weighted by atomic mass is 9.90. The van der Waals surface area contributed by atoms with Gasteiger partial charge in [0.1, 0.15) is 11.3 Å². The van der Waals surface area contributed by atoms with Crippen LogP contribution in [0.15, 0.2) is 36.5 Å². The van der Waals surface area contributed by atoms with E-state index in [-0.39, 0.29) is 43.7 Å². The van der Waals surface area contributed by atoms with Gasteiger partial charge in [0, 0.05) is 6.20 Å². The molecule has 5 nitrogen and oxygen atoms in total. The zero-order valence-electron chi connectivity index (χ0n) is 15.9. The Bertz CT molecular complexity index is 913. The number of hydrogen-bond donors (Lipinski definition) is 2. The van der Waals surface area contributed by atoms with Crippen LogP contribution in [0.3, 0.4) is 0 Å². The monoisotopic (exact) mass is 479 g/mol. The van der Waals surface area contributed by atoms with Gasteiger partial charge in [-0.3, -0.25) is 9.88 Å². The van der Waals surface area contributed by atoms with Crippen LogP contribution in [0.2, 0.25) is 0 Å². The van der Waals surface area contributed by atoms with Crippen molar-refractivity contribution in [1.29, 1.82) is 0 Å². The van der Waals surface area contributed by atoms with Crippen molar-refractivity contribution >= 4 is 28.0 Å². The first-order chi connectivity index (χ1) is 13.3. The smallest absolute Gasteiger partial charge is 0.151 e. The Hall–Kier alpha value is -1.83. The second kappa shape index (κ2) is 12.1. The van der Waals surface area contributed by atoms with E-state index in [1.54, 1.807) is 6.07 Å². The number of para-hydroxylation sites is 1. The SMILES string of the molecule is Br.C.C.NCCCCN(Cc1nc2c(F)cccc2[nH]1)C1CCCc2cccnc21. The molecule has 0 bridgehead atoms. The normalized spacial score (nSPS) is 15.1. The van der Waals surface area contributed by atoms with Gasteiger partial charge in [-0.25, -0.2) is 9.37 Å². The van der Waals surface area contributed by atoms with Crippen LogP contribution >= 0.6 is 17.0 Å². The van der Waals surface area contributed by atoms with Crippen molar-refractivity contribution in [3.05, 3.63) is 59.4 Å². The fourth-order valence-electron chi connectivity index (χ4n) is 4.06.